The van der Waals surface area contributed by atoms with E-state index >= 15 is 0 Å². The normalized spacial score (nSPS) is 10.9. The van der Waals surface area contributed by atoms with Gasteiger partial charge in [-0.3, -0.25) is 14.9 Å². The third-order valence-electron chi connectivity index (χ3n) is 3.68. The molecule has 1 aromatic heterocycles. The molecule has 112 valence electrons. The van der Waals surface area contributed by atoms with Crippen molar-refractivity contribution in [3.63, 3.8) is 0 Å². The van der Waals surface area contributed by atoms with Crippen molar-refractivity contribution in [2.75, 3.05) is 0 Å². The fraction of sp³-hybridized carbons (Fsp3) is 0.438. The van der Waals surface area contributed by atoms with Gasteiger partial charge in [0.05, 0.1) is 10.4 Å². The summed E-state index contributed by atoms with van der Waals surface area (Å²) < 4.78 is 0. The van der Waals surface area contributed by atoms with Crippen LogP contribution < -0.4 is 0 Å². The molecule has 5 nitrogen and oxygen atoms in total. The predicted octanol–water partition coefficient (Wildman–Crippen LogP) is 4.62. The molecule has 0 saturated carbocycles. The molecule has 0 fully saturated rings. The van der Waals surface area contributed by atoms with E-state index in [9.17, 15) is 14.9 Å². The highest BCUT2D eigenvalue weighted by molar-refractivity contribution is 6.08. The number of non-ortho nitro benzene ring substituents is 1. The maximum atomic E-state index is 12.2. The number of Topliss-reactive ketones (excluding diaryl/α,β-unsaturated/α-hetero) is 1. The van der Waals surface area contributed by atoms with Gasteiger partial charge in [-0.05, 0) is 12.5 Å². The van der Waals surface area contributed by atoms with Crippen LogP contribution in [0.15, 0.2) is 24.4 Å². The summed E-state index contributed by atoms with van der Waals surface area (Å²) in [5.74, 6) is 0.103. The second-order valence-electron chi connectivity index (χ2n) is 5.28. The van der Waals surface area contributed by atoms with Gasteiger partial charge in [0, 0.05) is 35.7 Å². The Labute approximate surface area is 123 Å². The first-order chi connectivity index (χ1) is 10.1. The molecule has 1 aromatic carbocycles. The zero-order valence-corrected chi connectivity index (χ0v) is 12.2. The average Bonchev–Trinajstić information content (AvgIpc) is 2.89. The molecule has 0 aliphatic heterocycles. The SMILES string of the molecule is CCCCCCCC(=O)c1c[nH]c2cc([N+](=O)[O-])ccc12. The van der Waals surface area contributed by atoms with Gasteiger partial charge < -0.3 is 4.98 Å². The fourth-order valence-electron chi connectivity index (χ4n) is 2.48. The van der Waals surface area contributed by atoms with Gasteiger partial charge in [-0.25, -0.2) is 0 Å². The molecule has 0 aliphatic rings. The Morgan fingerprint density at radius 1 is 1.24 bits per heavy atom. The van der Waals surface area contributed by atoms with Gasteiger partial charge in [-0.2, -0.15) is 0 Å². The van der Waals surface area contributed by atoms with Crippen LogP contribution in [-0.2, 0) is 0 Å². The second kappa shape index (κ2) is 7.02. The highest BCUT2D eigenvalue weighted by atomic mass is 16.6. The van der Waals surface area contributed by atoms with Gasteiger partial charge in [0.2, 0.25) is 0 Å². The molecule has 0 unspecified atom stereocenters. The minimum absolute atomic E-state index is 0.0305. The van der Waals surface area contributed by atoms with Crippen LogP contribution in [-0.4, -0.2) is 15.7 Å². The molecular formula is C16H20N2O3. The predicted molar refractivity (Wildman–Crippen MR) is 82.7 cm³/mol. The van der Waals surface area contributed by atoms with Gasteiger partial charge in [0.25, 0.3) is 5.69 Å². The number of nitrogens with zero attached hydrogens (tertiary/aromatic N) is 1. The topological polar surface area (TPSA) is 76.0 Å². The summed E-state index contributed by atoms with van der Waals surface area (Å²) in [5, 5.41) is 11.5. The van der Waals surface area contributed by atoms with Crippen molar-refractivity contribution in [3.05, 3.63) is 40.1 Å². The lowest BCUT2D eigenvalue weighted by Gasteiger charge is -2.00. The molecule has 1 N–H and O–H groups in total. The average molecular weight is 288 g/mol. The van der Waals surface area contributed by atoms with Crippen LogP contribution >= 0.6 is 0 Å². The van der Waals surface area contributed by atoms with Crippen LogP contribution in [0.5, 0.6) is 0 Å². The molecule has 0 amide bonds. The van der Waals surface area contributed by atoms with Crippen molar-refractivity contribution in [2.45, 2.75) is 45.4 Å². The minimum atomic E-state index is -0.435. The number of hydrogen-bond acceptors (Lipinski definition) is 3. The number of ketones is 1. The highest BCUT2D eigenvalue weighted by Crippen LogP contribution is 2.24. The summed E-state index contributed by atoms with van der Waals surface area (Å²) in [6.45, 7) is 2.16. The van der Waals surface area contributed by atoms with E-state index < -0.39 is 4.92 Å². The largest absolute Gasteiger partial charge is 0.360 e. The van der Waals surface area contributed by atoms with E-state index in [1.54, 1.807) is 12.3 Å². The molecule has 0 spiro atoms. The molecule has 2 rings (SSSR count). The van der Waals surface area contributed by atoms with Crippen LogP contribution in [0.3, 0.4) is 0 Å². The van der Waals surface area contributed by atoms with Gasteiger partial charge in [-0.15, -0.1) is 0 Å². The van der Waals surface area contributed by atoms with Crippen LogP contribution in [0.1, 0.15) is 55.8 Å². The monoisotopic (exact) mass is 288 g/mol. The number of carbonyl (C=O) groups is 1. The smallest absolute Gasteiger partial charge is 0.271 e. The minimum Gasteiger partial charge on any atom is -0.360 e. The lowest BCUT2D eigenvalue weighted by Crippen LogP contribution is -1.97. The molecule has 5 heteroatoms. The Morgan fingerprint density at radius 3 is 2.71 bits per heavy atom. The number of nitro groups is 1. The molecule has 2 aromatic rings. The van der Waals surface area contributed by atoms with Gasteiger partial charge >= 0.3 is 0 Å². The molecular weight excluding hydrogens is 268 g/mol. The number of nitro benzene ring substituents is 1. The summed E-state index contributed by atoms with van der Waals surface area (Å²) in [4.78, 5) is 25.5. The van der Waals surface area contributed by atoms with Crippen molar-refractivity contribution in [2.24, 2.45) is 0 Å². The van der Waals surface area contributed by atoms with E-state index in [0.29, 0.717) is 17.5 Å². The molecule has 0 bridgehead atoms. The molecule has 21 heavy (non-hydrogen) atoms. The Balaban J connectivity index is 2.04. The number of H-pyrrole nitrogens is 1. The van der Waals surface area contributed by atoms with Crippen molar-refractivity contribution in [1.29, 1.82) is 0 Å². The van der Waals surface area contributed by atoms with E-state index in [1.165, 1.54) is 31.4 Å². The van der Waals surface area contributed by atoms with E-state index in [0.717, 1.165) is 18.2 Å². The quantitative estimate of drug-likeness (QED) is 0.333. The van der Waals surface area contributed by atoms with E-state index in [-0.39, 0.29) is 11.5 Å². The van der Waals surface area contributed by atoms with Crippen LogP contribution in [0, 0.1) is 10.1 Å². The third-order valence-corrected chi connectivity index (χ3v) is 3.68. The lowest BCUT2D eigenvalue weighted by atomic mass is 10.0. The van der Waals surface area contributed by atoms with E-state index in [2.05, 4.69) is 11.9 Å². The zero-order valence-electron chi connectivity index (χ0n) is 12.2. The number of unbranched alkanes of at least 4 members (excludes halogenated alkanes) is 4. The number of nitrogens with one attached hydrogen (secondary N) is 1. The molecule has 1 heterocycles. The number of aromatic nitrogens is 1. The number of fused-ring (bicyclic) bond motifs is 1. The first-order valence-corrected chi connectivity index (χ1v) is 7.42. The maximum absolute atomic E-state index is 12.2. The van der Waals surface area contributed by atoms with Crippen molar-refractivity contribution in [1.82, 2.24) is 4.98 Å². The Morgan fingerprint density at radius 2 is 2.00 bits per heavy atom. The Hall–Kier alpha value is -2.17. The van der Waals surface area contributed by atoms with Crippen molar-refractivity contribution < 1.29 is 9.72 Å². The Bertz CT molecular complexity index is 646. The second-order valence-corrected chi connectivity index (χ2v) is 5.28. The van der Waals surface area contributed by atoms with Gasteiger partial charge in [0.15, 0.2) is 5.78 Å². The maximum Gasteiger partial charge on any atom is 0.271 e. The number of aromatic amines is 1. The number of hydrogen-bond donors (Lipinski definition) is 1. The molecule has 0 saturated heterocycles. The van der Waals surface area contributed by atoms with Gasteiger partial charge in [-0.1, -0.05) is 32.6 Å². The molecule has 0 aliphatic carbocycles. The number of carbonyl (C=O) groups excluding carboxylic acids is 1. The highest BCUT2D eigenvalue weighted by Gasteiger charge is 2.14. The number of rotatable bonds is 8. The van der Waals surface area contributed by atoms with Crippen LogP contribution in [0.2, 0.25) is 0 Å². The van der Waals surface area contributed by atoms with Crippen LogP contribution in [0.25, 0.3) is 10.9 Å². The summed E-state index contributed by atoms with van der Waals surface area (Å²) in [7, 11) is 0. The zero-order chi connectivity index (χ0) is 15.2. The fourth-order valence-corrected chi connectivity index (χ4v) is 2.48. The van der Waals surface area contributed by atoms with Gasteiger partial charge in [0.1, 0.15) is 0 Å². The van der Waals surface area contributed by atoms with E-state index in [4.69, 9.17) is 0 Å². The first kappa shape index (κ1) is 15.2. The lowest BCUT2D eigenvalue weighted by molar-refractivity contribution is -0.384. The van der Waals surface area contributed by atoms with Crippen molar-refractivity contribution >= 4 is 22.4 Å². The summed E-state index contributed by atoms with van der Waals surface area (Å²) in [5.41, 5.74) is 1.30. The summed E-state index contributed by atoms with van der Waals surface area (Å²) in [6.07, 6.45) is 7.74. The van der Waals surface area contributed by atoms with Crippen LogP contribution in [0.4, 0.5) is 5.69 Å². The summed E-state index contributed by atoms with van der Waals surface area (Å²) in [6, 6.07) is 4.55. The number of benzene rings is 1. The third kappa shape index (κ3) is 3.68. The first-order valence-electron chi connectivity index (χ1n) is 7.42. The van der Waals surface area contributed by atoms with E-state index in [1.807, 2.05) is 0 Å². The Kier molecular flexibility index (Phi) is 5.09. The molecule has 0 atom stereocenters. The molecule has 0 radical (unpaired) electrons. The van der Waals surface area contributed by atoms with Crippen molar-refractivity contribution in [3.8, 4) is 0 Å². The summed E-state index contributed by atoms with van der Waals surface area (Å²) >= 11 is 0. The standard InChI is InChI=1S/C16H20N2O3/c1-2-3-4-5-6-7-16(19)14-11-17-15-10-12(18(20)21)8-9-13(14)15/h8-11,17H,2-7H2,1H3.